The quantitative estimate of drug-likeness (QED) is 0.865. The molecule has 1 N–H and O–H groups in total. The van der Waals surface area contributed by atoms with Crippen molar-refractivity contribution >= 4 is 33.0 Å². The molecule has 100 valence electrons. The summed E-state index contributed by atoms with van der Waals surface area (Å²) in [7, 11) is 0. The summed E-state index contributed by atoms with van der Waals surface area (Å²) in [6, 6.07) is 1.81. The summed E-state index contributed by atoms with van der Waals surface area (Å²) in [6.07, 6.45) is 1.33. The van der Waals surface area contributed by atoms with Crippen LogP contribution in [0.2, 0.25) is 0 Å². The molecule has 7 heteroatoms. The highest BCUT2D eigenvalue weighted by molar-refractivity contribution is 9.10. The zero-order chi connectivity index (χ0) is 14.2. The summed E-state index contributed by atoms with van der Waals surface area (Å²) in [5.74, 6) is -0.150. The third-order valence-corrected chi connectivity index (χ3v) is 4.15. The van der Waals surface area contributed by atoms with Gasteiger partial charge in [0.2, 0.25) is 0 Å². The number of aromatic nitrogens is 2. The van der Waals surface area contributed by atoms with Crippen molar-refractivity contribution in [1.82, 2.24) is 9.55 Å². The Labute approximate surface area is 121 Å². The van der Waals surface area contributed by atoms with Crippen molar-refractivity contribution in [2.24, 2.45) is 0 Å². The average molecular weight is 343 g/mol. The van der Waals surface area contributed by atoms with E-state index >= 15 is 0 Å². The number of carbonyl (C=O) groups excluding carboxylic acids is 1. The second-order valence-corrected chi connectivity index (χ2v) is 6.43. The molecule has 0 fully saturated rings. The minimum absolute atomic E-state index is 0.0920. The lowest BCUT2D eigenvalue weighted by molar-refractivity contribution is 0.0970. The number of aryl methyl sites for hydroxylation is 2. The first-order valence-corrected chi connectivity index (χ1v) is 7.09. The fourth-order valence-corrected chi connectivity index (χ4v) is 3.04. The summed E-state index contributed by atoms with van der Waals surface area (Å²) in [4.78, 5) is 39.0. The fraction of sp³-hybridized carbons (Fsp3) is 0.250. The first kappa shape index (κ1) is 14.0. The zero-order valence-electron chi connectivity index (χ0n) is 10.3. The molecule has 0 aliphatic rings. The molecule has 2 aromatic rings. The zero-order valence-corrected chi connectivity index (χ0v) is 12.7. The molecular formula is C12H11BrN2O3S. The lowest BCUT2D eigenvalue weighted by Gasteiger charge is -2.04. The summed E-state index contributed by atoms with van der Waals surface area (Å²) < 4.78 is 1.40. The second kappa shape index (κ2) is 5.26. The number of ketones is 1. The monoisotopic (exact) mass is 342 g/mol. The van der Waals surface area contributed by atoms with E-state index in [1.165, 1.54) is 10.8 Å². The van der Waals surface area contributed by atoms with Crippen molar-refractivity contribution < 1.29 is 4.79 Å². The molecule has 0 radical (unpaired) electrons. The number of H-pyrrole nitrogens is 1. The SMILES string of the molecule is Cc1cc(C(=O)Cn2cc(Br)c(=O)[nH]c2=O)c(C)s1. The lowest BCUT2D eigenvalue weighted by Crippen LogP contribution is -2.31. The van der Waals surface area contributed by atoms with E-state index in [1.54, 1.807) is 11.3 Å². The number of aromatic amines is 1. The van der Waals surface area contributed by atoms with Gasteiger partial charge in [-0.2, -0.15) is 0 Å². The fourth-order valence-electron chi connectivity index (χ4n) is 1.75. The Morgan fingerprint density at radius 2 is 2.11 bits per heavy atom. The summed E-state index contributed by atoms with van der Waals surface area (Å²) in [5, 5.41) is 0. The van der Waals surface area contributed by atoms with Crippen molar-refractivity contribution in [2.45, 2.75) is 20.4 Å². The molecule has 5 nitrogen and oxygen atoms in total. The van der Waals surface area contributed by atoms with Gasteiger partial charge in [0.15, 0.2) is 5.78 Å². The van der Waals surface area contributed by atoms with Gasteiger partial charge in [-0.25, -0.2) is 4.79 Å². The number of rotatable bonds is 3. The molecule has 0 bridgehead atoms. The number of carbonyl (C=O) groups is 1. The minimum atomic E-state index is -0.592. The molecule has 0 aliphatic heterocycles. The van der Waals surface area contributed by atoms with Crippen LogP contribution in [0.5, 0.6) is 0 Å². The first-order valence-electron chi connectivity index (χ1n) is 5.48. The third-order valence-electron chi connectivity index (χ3n) is 2.62. The highest BCUT2D eigenvalue weighted by atomic mass is 79.9. The topological polar surface area (TPSA) is 71.9 Å². The van der Waals surface area contributed by atoms with Crippen molar-refractivity contribution in [3.05, 3.63) is 52.9 Å². The molecular weight excluding hydrogens is 332 g/mol. The van der Waals surface area contributed by atoms with Crippen molar-refractivity contribution in [1.29, 1.82) is 0 Å². The third kappa shape index (κ3) is 2.93. The van der Waals surface area contributed by atoms with Crippen LogP contribution in [0.25, 0.3) is 0 Å². The molecule has 0 aliphatic carbocycles. The van der Waals surface area contributed by atoms with Gasteiger partial charge < -0.3 is 0 Å². The molecule has 0 amide bonds. The van der Waals surface area contributed by atoms with Crippen LogP contribution in [0.15, 0.2) is 26.3 Å². The van der Waals surface area contributed by atoms with Crippen LogP contribution in [0.1, 0.15) is 20.1 Å². The Balaban J connectivity index is 2.34. The molecule has 0 spiro atoms. The summed E-state index contributed by atoms with van der Waals surface area (Å²) in [6.45, 7) is 3.71. The standard InChI is InChI=1S/C12H11BrN2O3S/c1-6-3-8(7(2)19-6)10(16)5-15-4-9(13)11(17)14-12(15)18/h3-4H,5H2,1-2H3,(H,14,17,18). The van der Waals surface area contributed by atoms with E-state index < -0.39 is 11.2 Å². The predicted octanol–water partition coefficient (Wildman–Crippen LogP) is 1.86. The Kier molecular flexibility index (Phi) is 3.86. The summed E-state index contributed by atoms with van der Waals surface area (Å²) >= 11 is 4.57. The largest absolute Gasteiger partial charge is 0.328 e. The minimum Gasteiger partial charge on any atom is -0.292 e. The number of hydrogen-bond donors (Lipinski definition) is 1. The second-order valence-electron chi connectivity index (χ2n) is 4.11. The van der Waals surface area contributed by atoms with E-state index in [4.69, 9.17) is 0 Å². The number of hydrogen-bond acceptors (Lipinski definition) is 4. The van der Waals surface area contributed by atoms with Crippen LogP contribution in [0.4, 0.5) is 0 Å². The molecule has 0 unspecified atom stereocenters. The molecule has 2 rings (SSSR count). The van der Waals surface area contributed by atoms with Crippen LogP contribution >= 0.6 is 27.3 Å². The lowest BCUT2D eigenvalue weighted by atomic mass is 10.1. The van der Waals surface area contributed by atoms with Gasteiger partial charge in [0.1, 0.15) is 0 Å². The maximum absolute atomic E-state index is 12.1. The van der Waals surface area contributed by atoms with Gasteiger partial charge in [0.05, 0.1) is 11.0 Å². The molecule has 0 saturated heterocycles. The summed E-state index contributed by atoms with van der Waals surface area (Å²) in [5.41, 5.74) is -0.473. The molecule has 19 heavy (non-hydrogen) atoms. The first-order chi connectivity index (χ1) is 8.88. The Bertz CT molecular complexity index is 757. The van der Waals surface area contributed by atoms with Gasteiger partial charge >= 0.3 is 5.69 Å². The van der Waals surface area contributed by atoms with Crippen molar-refractivity contribution in [2.75, 3.05) is 0 Å². The molecule has 0 atom stereocenters. The predicted molar refractivity (Wildman–Crippen MR) is 77.1 cm³/mol. The van der Waals surface area contributed by atoms with Gasteiger partial charge in [0, 0.05) is 21.5 Å². The van der Waals surface area contributed by atoms with E-state index in [-0.39, 0.29) is 16.8 Å². The van der Waals surface area contributed by atoms with E-state index in [2.05, 4.69) is 20.9 Å². The van der Waals surface area contributed by atoms with E-state index in [0.717, 1.165) is 9.75 Å². The van der Waals surface area contributed by atoms with Gasteiger partial charge in [0.25, 0.3) is 5.56 Å². The Morgan fingerprint density at radius 1 is 1.42 bits per heavy atom. The van der Waals surface area contributed by atoms with Crippen LogP contribution in [-0.4, -0.2) is 15.3 Å². The molecule has 2 heterocycles. The van der Waals surface area contributed by atoms with E-state index in [1.807, 2.05) is 19.9 Å². The number of thiophene rings is 1. The van der Waals surface area contributed by atoms with Gasteiger partial charge in [-0.3, -0.25) is 19.1 Å². The van der Waals surface area contributed by atoms with E-state index in [9.17, 15) is 14.4 Å². The maximum Gasteiger partial charge on any atom is 0.328 e. The van der Waals surface area contributed by atoms with Crippen LogP contribution < -0.4 is 11.2 Å². The number of halogens is 1. The Hall–Kier alpha value is -1.47. The van der Waals surface area contributed by atoms with Crippen LogP contribution in [0.3, 0.4) is 0 Å². The Morgan fingerprint density at radius 3 is 2.68 bits per heavy atom. The van der Waals surface area contributed by atoms with E-state index in [0.29, 0.717) is 5.56 Å². The van der Waals surface area contributed by atoms with Crippen molar-refractivity contribution in [3.8, 4) is 0 Å². The van der Waals surface area contributed by atoms with Crippen LogP contribution in [0, 0.1) is 13.8 Å². The number of Topliss-reactive ketones (excluding diaryl/α,β-unsaturated/α-hetero) is 1. The normalized spacial score (nSPS) is 10.7. The van der Waals surface area contributed by atoms with Crippen molar-refractivity contribution in [3.63, 3.8) is 0 Å². The number of nitrogens with zero attached hydrogens (tertiary/aromatic N) is 1. The molecule has 2 aromatic heterocycles. The molecule has 0 aromatic carbocycles. The highest BCUT2D eigenvalue weighted by Gasteiger charge is 2.14. The van der Waals surface area contributed by atoms with Gasteiger partial charge in [-0.15, -0.1) is 11.3 Å². The maximum atomic E-state index is 12.1. The van der Waals surface area contributed by atoms with Crippen LogP contribution in [-0.2, 0) is 6.54 Å². The molecule has 0 saturated carbocycles. The highest BCUT2D eigenvalue weighted by Crippen LogP contribution is 2.21. The number of nitrogens with one attached hydrogen (secondary N) is 1. The smallest absolute Gasteiger partial charge is 0.292 e. The van der Waals surface area contributed by atoms with Gasteiger partial charge in [-0.1, -0.05) is 0 Å². The van der Waals surface area contributed by atoms with Gasteiger partial charge in [-0.05, 0) is 35.8 Å². The average Bonchev–Trinajstić information content (AvgIpc) is 2.65.